The van der Waals surface area contributed by atoms with Crippen LogP contribution in [-0.2, 0) is 20.2 Å². The second kappa shape index (κ2) is 9.63. The molecule has 1 aliphatic heterocycles. The van der Waals surface area contributed by atoms with Crippen LogP contribution in [0, 0.1) is 0 Å². The first-order valence-corrected chi connectivity index (χ1v) is 13.2. The largest absolute Gasteiger partial charge is 0.369 e. The fourth-order valence-corrected chi connectivity index (χ4v) is 4.96. The number of benzene rings is 2. The van der Waals surface area contributed by atoms with Gasteiger partial charge in [0.05, 0.1) is 12.0 Å². The molecule has 1 amide bonds. The summed E-state index contributed by atoms with van der Waals surface area (Å²) in [6, 6.07) is 16.1. The molecule has 6 nitrogen and oxygen atoms in total. The van der Waals surface area contributed by atoms with Crippen LogP contribution in [0.5, 0.6) is 0 Å². The lowest BCUT2D eigenvalue weighted by Gasteiger charge is -2.34. The van der Waals surface area contributed by atoms with E-state index < -0.39 is 10.0 Å². The molecule has 1 aliphatic rings. The van der Waals surface area contributed by atoms with Crippen LogP contribution in [0.2, 0.25) is 0 Å². The van der Waals surface area contributed by atoms with Crippen molar-refractivity contribution in [3.05, 3.63) is 54.1 Å². The predicted octanol–water partition coefficient (Wildman–Crippen LogP) is 3.80. The summed E-state index contributed by atoms with van der Waals surface area (Å²) < 4.78 is 24.8. The predicted molar refractivity (Wildman–Crippen MR) is 130 cm³/mol. The average Bonchev–Trinajstić information content (AvgIpc) is 2.72. The highest BCUT2D eigenvalue weighted by atomic mass is 32.2. The molecular formula is C23H31N3O3S2. The molecule has 0 bridgehead atoms. The summed E-state index contributed by atoms with van der Waals surface area (Å²) in [5.41, 5.74) is 3.18. The van der Waals surface area contributed by atoms with E-state index in [1.54, 1.807) is 0 Å². The lowest BCUT2D eigenvalue weighted by Crippen LogP contribution is -2.48. The van der Waals surface area contributed by atoms with Crippen LogP contribution < -0.4 is 10.2 Å². The van der Waals surface area contributed by atoms with Gasteiger partial charge in [-0.05, 0) is 47.4 Å². The van der Waals surface area contributed by atoms with Gasteiger partial charge in [0.25, 0.3) is 0 Å². The number of hydrogen-bond donors (Lipinski definition) is 1. The van der Waals surface area contributed by atoms with Crippen LogP contribution in [0.3, 0.4) is 0 Å². The summed E-state index contributed by atoms with van der Waals surface area (Å²) >= 11 is 1.52. The number of sulfonamides is 1. The molecule has 0 aromatic heterocycles. The van der Waals surface area contributed by atoms with Crippen molar-refractivity contribution in [1.29, 1.82) is 0 Å². The van der Waals surface area contributed by atoms with Gasteiger partial charge in [-0.15, -0.1) is 11.8 Å². The molecule has 1 N–H and O–H groups in total. The number of anilines is 2. The molecule has 2 aromatic rings. The standard InChI is InChI=1S/C23H31N3O3S2/c1-23(2,3)18-5-11-21(12-6-18)30-17-22(27)24-19-7-9-20(10-8-19)25-13-15-26(16-14-25)31(4,28)29/h5-12H,13-17H2,1-4H3,(H,24,27). The highest BCUT2D eigenvalue weighted by Crippen LogP contribution is 2.26. The van der Waals surface area contributed by atoms with Crippen molar-refractivity contribution in [3.63, 3.8) is 0 Å². The molecular weight excluding hydrogens is 430 g/mol. The number of hydrogen-bond acceptors (Lipinski definition) is 5. The van der Waals surface area contributed by atoms with E-state index >= 15 is 0 Å². The van der Waals surface area contributed by atoms with Crippen molar-refractivity contribution in [2.75, 3.05) is 48.4 Å². The second-order valence-electron chi connectivity index (χ2n) is 8.81. The lowest BCUT2D eigenvalue weighted by atomic mass is 9.87. The minimum Gasteiger partial charge on any atom is -0.369 e. The van der Waals surface area contributed by atoms with E-state index in [0.29, 0.717) is 31.9 Å². The molecule has 0 unspecified atom stereocenters. The van der Waals surface area contributed by atoms with E-state index in [0.717, 1.165) is 16.3 Å². The third kappa shape index (κ3) is 6.72. The Hall–Kier alpha value is -2.03. The Kier molecular flexibility index (Phi) is 7.34. The van der Waals surface area contributed by atoms with E-state index in [4.69, 9.17) is 0 Å². The number of nitrogens with one attached hydrogen (secondary N) is 1. The Balaban J connectivity index is 1.48. The Morgan fingerprint density at radius 3 is 2.06 bits per heavy atom. The van der Waals surface area contributed by atoms with Crippen LogP contribution in [0.15, 0.2) is 53.4 Å². The van der Waals surface area contributed by atoms with Gasteiger partial charge in [0.1, 0.15) is 0 Å². The summed E-state index contributed by atoms with van der Waals surface area (Å²) in [4.78, 5) is 15.6. The first kappa shape index (κ1) is 23.6. The molecule has 0 spiro atoms. The molecule has 0 aliphatic carbocycles. The highest BCUT2D eigenvalue weighted by molar-refractivity contribution is 8.00. The number of thioether (sulfide) groups is 1. The molecule has 1 saturated heterocycles. The molecule has 0 atom stereocenters. The first-order valence-electron chi connectivity index (χ1n) is 10.4. The van der Waals surface area contributed by atoms with E-state index in [1.165, 1.54) is 27.9 Å². The number of carbonyl (C=O) groups is 1. The zero-order valence-corrected chi connectivity index (χ0v) is 20.2. The van der Waals surface area contributed by atoms with Crippen molar-refractivity contribution in [2.24, 2.45) is 0 Å². The average molecular weight is 462 g/mol. The zero-order valence-electron chi connectivity index (χ0n) is 18.6. The third-order valence-corrected chi connectivity index (χ3v) is 7.63. The molecule has 2 aromatic carbocycles. The zero-order chi connectivity index (χ0) is 22.6. The SMILES string of the molecule is CC(C)(C)c1ccc(SCC(=O)Nc2ccc(N3CCN(S(C)(=O)=O)CC3)cc2)cc1. The maximum atomic E-state index is 12.3. The summed E-state index contributed by atoms with van der Waals surface area (Å²) in [7, 11) is -3.13. The van der Waals surface area contributed by atoms with Gasteiger partial charge in [-0.1, -0.05) is 32.9 Å². The maximum absolute atomic E-state index is 12.3. The monoisotopic (exact) mass is 461 g/mol. The minimum absolute atomic E-state index is 0.0422. The van der Waals surface area contributed by atoms with Crippen molar-refractivity contribution in [3.8, 4) is 0 Å². The Morgan fingerprint density at radius 2 is 1.55 bits per heavy atom. The van der Waals surface area contributed by atoms with Gasteiger partial charge < -0.3 is 10.2 Å². The van der Waals surface area contributed by atoms with Gasteiger partial charge in [-0.25, -0.2) is 8.42 Å². The molecule has 8 heteroatoms. The Bertz CT molecular complexity index is 990. The molecule has 0 radical (unpaired) electrons. The van der Waals surface area contributed by atoms with E-state index in [2.05, 4.69) is 55.3 Å². The normalized spacial score (nSPS) is 15.7. The van der Waals surface area contributed by atoms with Gasteiger partial charge in [0.15, 0.2) is 0 Å². The number of amides is 1. The summed E-state index contributed by atoms with van der Waals surface area (Å²) in [6.07, 6.45) is 1.25. The fourth-order valence-electron chi connectivity index (χ4n) is 3.43. The lowest BCUT2D eigenvalue weighted by molar-refractivity contribution is -0.113. The van der Waals surface area contributed by atoms with Crippen molar-refractivity contribution < 1.29 is 13.2 Å². The summed E-state index contributed by atoms with van der Waals surface area (Å²) in [5.74, 6) is 0.309. The summed E-state index contributed by atoms with van der Waals surface area (Å²) in [5, 5.41) is 2.94. The molecule has 1 fully saturated rings. The van der Waals surface area contributed by atoms with E-state index in [-0.39, 0.29) is 11.3 Å². The third-order valence-electron chi connectivity index (χ3n) is 5.31. The smallest absolute Gasteiger partial charge is 0.234 e. The van der Waals surface area contributed by atoms with E-state index in [9.17, 15) is 13.2 Å². The Morgan fingerprint density at radius 1 is 0.968 bits per heavy atom. The van der Waals surface area contributed by atoms with Crippen LogP contribution in [0.1, 0.15) is 26.3 Å². The van der Waals surface area contributed by atoms with Crippen LogP contribution in [0.25, 0.3) is 0 Å². The number of rotatable bonds is 6. The highest BCUT2D eigenvalue weighted by Gasteiger charge is 2.23. The quantitative estimate of drug-likeness (QED) is 0.663. The molecule has 1 heterocycles. The van der Waals surface area contributed by atoms with E-state index in [1.807, 2.05) is 24.3 Å². The summed E-state index contributed by atoms with van der Waals surface area (Å²) in [6.45, 7) is 8.85. The van der Waals surface area contributed by atoms with Gasteiger partial charge in [0.2, 0.25) is 15.9 Å². The van der Waals surface area contributed by atoms with Crippen molar-refractivity contribution >= 4 is 39.1 Å². The van der Waals surface area contributed by atoms with Gasteiger partial charge in [0, 0.05) is 42.4 Å². The van der Waals surface area contributed by atoms with Gasteiger partial charge in [-0.3, -0.25) is 4.79 Å². The number of carbonyl (C=O) groups excluding carboxylic acids is 1. The van der Waals surface area contributed by atoms with Gasteiger partial charge in [-0.2, -0.15) is 4.31 Å². The second-order valence-corrected chi connectivity index (χ2v) is 11.8. The Labute approximate surface area is 190 Å². The van der Waals surface area contributed by atoms with Crippen molar-refractivity contribution in [2.45, 2.75) is 31.1 Å². The molecule has 3 rings (SSSR count). The van der Waals surface area contributed by atoms with Crippen LogP contribution in [0.4, 0.5) is 11.4 Å². The first-order chi connectivity index (χ1) is 14.5. The van der Waals surface area contributed by atoms with Crippen LogP contribution in [-0.4, -0.2) is 56.8 Å². The minimum atomic E-state index is -3.13. The fraction of sp³-hybridized carbons (Fsp3) is 0.435. The molecule has 0 saturated carbocycles. The van der Waals surface area contributed by atoms with Crippen LogP contribution >= 0.6 is 11.8 Å². The van der Waals surface area contributed by atoms with Gasteiger partial charge >= 0.3 is 0 Å². The maximum Gasteiger partial charge on any atom is 0.234 e. The number of piperazine rings is 1. The topological polar surface area (TPSA) is 69.7 Å². The van der Waals surface area contributed by atoms with Crippen molar-refractivity contribution in [1.82, 2.24) is 4.31 Å². The number of nitrogens with zero attached hydrogens (tertiary/aromatic N) is 2. The molecule has 168 valence electrons. The molecule has 31 heavy (non-hydrogen) atoms.